The lowest BCUT2D eigenvalue weighted by Gasteiger charge is -2.08. The largest absolute Gasteiger partial charge is 0.478 e. The number of carbonyl (C=O) groups is 2. The molecular formula is C14H17NO4. The number of carbonyl (C=O) groups excluding carboxylic acids is 1. The molecule has 0 unspecified atom stereocenters. The minimum atomic E-state index is -1.02. The van der Waals surface area contributed by atoms with Crippen LogP contribution >= 0.6 is 0 Å². The Labute approximate surface area is 111 Å². The standard InChI is InChI=1S/C14H17NO4/c1-10-3-4-11(5-6-13(16)17)9-12(10)14(18)15-7-8-19-2/h3-6,9H,7-8H2,1-2H3,(H,15,18)(H,16,17). The normalized spacial score (nSPS) is 10.6. The maximum Gasteiger partial charge on any atom is 0.328 e. The predicted octanol–water partition coefficient (Wildman–Crippen LogP) is 1.47. The van der Waals surface area contributed by atoms with Gasteiger partial charge in [0.25, 0.3) is 5.91 Å². The third-order valence-corrected chi connectivity index (χ3v) is 2.52. The van der Waals surface area contributed by atoms with Gasteiger partial charge in [-0.3, -0.25) is 4.79 Å². The highest BCUT2D eigenvalue weighted by Gasteiger charge is 2.08. The van der Waals surface area contributed by atoms with Crippen molar-refractivity contribution in [3.63, 3.8) is 0 Å². The van der Waals surface area contributed by atoms with Gasteiger partial charge in [0, 0.05) is 25.3 Å². The molecular weight excluding hydrogens is 246 g/mol. The number of hydrogen-bond acceptors (Lipinski definition) is 3. The maximum absolute atomic E-state index is 11.9. The first kappa shape index (κ1) is 14.9. The fourth-order valence-electron chi connectivity index (χ4n) is 1.52. The Morgan fingerprint density at radius 3 is 2.79 bits per heavy atom. The first-order valence-corrected chi connectivity index (χ1v) is 5.83. The lowest BCUT2D eigenvalue weighted by Crippen LogP contribution is -2.27. The molecule has 2 N–H and O–H groups in total. The second-order valence-corrected chi connectivity index (χ2v) is 3.99. The van der Waals surface area contributed by atoms with Crippen LogP contribution in [-0.4, -0.2) is 37.2 Å². The summed E-state index contributed by atoms with van der Waals surface area (Å²) < 4.78 is 4.86. The molecule has 0 atom stereocenters. The Morgan fingerprint density at radius 2 is 2.16 bits per heavy atom. The fourth-order valence-corrected chi connectivity index (χ4v) is 1.52. The summed E-state index contributed by atoms with van der Waals surface area (Å²) >= 11 is 0. The second kappa shape index (κ2) is 7.33. The summed E-state index contributed by atoms with van der Waals surface area (Å²) in [6.45, 7) is 2.71. The Bertz CT molecular complexity index is 494. The molecule has 0 saturated heterocycles. The zero-order chi connectivity index (χ0) is 14.3. The van der Waals surface area contributed by atoms with E-state index in [9.17, 15) is 9.59 Å². The van der Waals surface area contributed by atoms with Crippen molar-refractivity contribution in [2.24, 2.45) is 0 Å². The number of methoxy groups -OCH3 is 1. The van der Waals surface area contributed by atoms with Crippen LogP contribution in [0.2, 0.25) is 0 Å². The van der Waals surface area contributed by atoms with Crippen molar-refractivity contribution < 1.29 is 19.4 Å². The molecule has 0 aliphatic carbocycles. The van der Waals surface area contributed by atoms with Crippen LogP contribution in [0.25, 0.3) is 6.08 Å². The molecule has 0 aliphatic rings. The number of rotatable bonds is 6. The van der Waals surface area contributed by atoms with Crippen molar-refractivity contribution in [1.82, 2.24) is 5.32 Å². The number of aryl methyl sites for hydroxylation is 1. The molecule has 19 heavy (non-hydrogen) atoms. The van der Waals surface area contributed by atoms with E-state index in [2.05, 4.69) is 5.32 Å². The molecule has 0 aromatic heterocycles. The van der Waals surface area contributed by atoms with Crippen LogP contribution in [0.15, 0.2) is 24.3 Å². The van der Waals surface area contributed by atoms with Crippen molar-refractivity contribution in [3.8, 4) is 0 Å². The number of nitrogens with one attached hydrogen (secondary N) is 1. The summed E-state index contributed by atoms with van der Waals surface area (Å²) in [5.74, 6) is -1.22. The topological polar surface area (TPSA) is 75.6 Å². The van der Waals surface area contributed by atoms with Gasteiger partial charge in [-0.05, 0) is 30.2 Å². The fraction of sp³-hybridized carbons (Fsp3) is 0.286. The van der Waals surface area contributed by atoms with Crippen LogP contribution in [-0.2, 0) is 9.53 Å². The summed E-state index contributed by atoms with van der Waals surface area (Å²) in [7, 11) is 1.56. The Kier molecular flexibility index (Phi) is 5.75. The van der Waals surface area contributed by atoms with E-state index in [1.54, 1.807) is 25.3 Å². The number of ether oxygens (including phenoxy) is 1. The molecule has 0 bridgehead atoms. The van der Waals surface area contributed by atoms with Gasteiger partial charge in [0.1, 0.15) is 0 Å². The van der Waals surface area contributed by atoms with Gasteiger partial charge in [-0.15, -0.1) is 0 Å². The summed E-state index contributed by atoms with van der Waals surface area (Å²) in [6, 6.07) is 5.21. The average Bonchev–Trinajstić information content (AvgIpc) is 2.37. The molecule has 0 radical (unpaired) electrons. The molecule has 0 aliphatic heterocycles. The lowest BCUT2D eigenvalue weighted by molar-refractivity contribution is -0.131. The Hall–Kier alpha value is -2.14. The number of hydrogen-bond donors (Lipinski definition) is 2. The van der Waals surface area contributed by atoms with E-state index in [1.807, 2.05) is 6.92 Å². The molecule has 1 rings (SSSR count). The zero-order valence-electron chi connectivity index (χ0n) is 11.0. The van der Waals surface area contributed by atoms with Gasteiger partial charge in [0.15, 0.2) is 0 Å². The highest BCUT2D eigenvalue weighted by atomic mass is 16.5. The SMILES string of the molecule is COCCNC(=O)c1cc(C=CC(=O)O)ccc1C. The van der Waals surface area contributed by atoms with Crippen LogP contribution in [0.4, 0.5) is 0 Å². The monoisotopic (exact) mass is 263 g/mol. The van der Waals surface area contributed by atoms with Crippen molar-refractivity contribution >= 4 is 18.0 Å². The number of amides is 1. The van der Waals surface area contributed by atoms with Gasteiger partial charge in [0.2, 0.25) is 0 Å². The van der Waals surface area contributed by atoms with E-state index < -0.39 is 5.97 Å². The number of carboxylic acids is 1. The molecule has 1 aromatic carbocycles. The zero-order valence-corrected chi connectivity index (χ0v) is 11.0. The molecule has 0 spiro atoms. The summed E-state index contributed by atoms with van der Waals surface area (Å²) in [5.41, 5.74) is 2.04. The highest BCUT2D eigenvalue weighted by molar-refractivity contribution is 5.96. The number of benzene rings is 1. The molecule has 0 heterocycles. The molecule has 1 aromatic rings. The minimum absolute atomic E-state index is 0.194. The van der Waals surface area contributed by atoms with E-state index in [1.165, 1.54) is 6.08 Å². The first-order chi connectivity index (χ1) is 9.04. The number of aliphatic carboxylic acids is 1. The van der Waals surface area contributed by atoms with Crippen molar-refractivity contribution in [2.75, 3.05) is 20.3 Å². The average molecular weight is 263 g/mol. The second-order valence-electron chi connectivity index (χ2n) is 3.99. The lowest BCUT2D eigenvalue weighted by atomic mass is 10.0. The van der Waals surface area contributed by atoms with Gasteiger partial charge >= 0.3 is 5.97 Å². The van der Waals surface area contributed by atoms with Gasteiger partial charge < -0.3 is 15.2 Å². The summed E-state index contributed by atoms with van der Waals surface area (Å²) in [4.78, 5) is 22.4. The van der Waals surface area contributed by atoms with Gasteiger partial charge in [-0.25, -0.2) is 4.79 Å². The van der Waals surface area contributed by atoms with Gasteiger partial charge in [-0.1, -0.05) is 12.1 Å². The number of carboxylic acid groups (broad SMARTS) is 1. The third-order valence-electron chi connectivity index (χ3n) is 2.52. The van der Waals surface area contributed by atoms with Crippen LogP contribution in [0, 0.1) is 6.92 Å². The van der Waals surface area contributed by atoms with Crippen LogP contribution in [0.3, 0.4) is 0 Å². The van der Waals surface area contributed by atoms with E-state index >= 15 is 0 Å². The molecule has 5 heteroatoms. The molecule has 0 fully saturated rings. The third kappa shape index (κ3) is 4.93. The molecule has 5 nitrogen and oxygen atoms in total. The molecule has 0 saturated carbocycles. The molecule has 1 amide bonds. The van der Waals surface area contributed by atoms with E-state index in [4.69, 9.17) is 9.84 Å². The Balaban J connectivity index is 2.84. The van der Waals surface area contributed by atoms with Crippen molar-refractivity contribution in [3.05, 3.63) is 41.0 Å². The summed E-state index contributed by atoms with van der Waals surface area (Å²) in [5, 5.41) is 11.3. The van der Waals surface area contributed by atoms with Gasteiger partial charge in [0.05, 0.1) is 6.61 Å². The Morgan fingerprint density at radius 1 is 1.42 bits per heavy atom. The van der Waals surface area contributed by atoms with Crippen molar-refractivity contribution in [2.45, 2.75) is 6.92 Å². The van der Waals surface area contributed by atoms with Crippen molar-refractivity contribution in [1.29, 1.82) is 0 Å². The van der Waals surface area contributed by atoms with Crippen LogP contribution in [0.5, 0.6) is 0 Å². The maximum atomic E-state index is 11.9. The highest BCUT2D eigenvalue weighted by Crippen LogP contribution is 2.12. The van der Waals surface area contributed by atoms with Crippen LogP contribution < -0.4 is 5.32 Å². The predicted molar refractivity (Wildman–Crippen MR) is 72.1 cm³/mol. The van der Waals surface area contributed by atoms with E-state index in [0.29, 0.717) is 24.3 Å². The smallest absolute Gasteiger partial charge is 0.328 e. The first-order valence-electron chi connectivity index (χ1n) is 5.83. The van der Waals surface area contributed by atoms with Gasteiger partial charge in [-0.2, -0.15) is 0 Å². The van der Waals surface area contributed by atoms with E-state index in [-0.39, 0.29) is 5.91 Å². The van der Waals surface area contributed by atoms with E-state index in [0.717, 1.165) is 11.6 Å². The molecule has 102 valence electrons. The minimum Gasteiger partial charge on any atom is -0.478 e. The quantitative estimate of drug-likeness (QED) is 0.602. The van der Waals surface area contributed by atoms with Crippen LogP contribution in [0.1, 0.15) is 21.5 Å². The summed E-state index contributed by atoms with van der Waals surface area (Å²) in [6.07, 6.45) is 2.49.